The molecule has 0 spiro atoms. The van der Waals surface area contributed by atoms with Crippen LogP contribution in [0.4, 0.5) is 4.39 Å². The zero-order valence-electron chi connectivity index (χ0n) is 17.0. The van der Waals surface area contributed by atoms with Crippen LogP contribution in [0, 0.1) is 11.2 Å². The van der Waals surface area contributed by atoms with Gasteiger partial charge in [-0.15, -0.1) is 0 Å². The zero-order valence-corrected chi connectivity index (χ0v) is 18.6. The molecule has 0 radical (unpaired) electrons. The van der Waals surface area contributed by atoms with Gasteiger partial charge in [0.05, 0.1) is 5.75 Å². The summed E-state index contributed by atoms with van der Waals surface area (Å²) in [5.41, 5.74) is 0.312. The van der Waals surface area contributed by atoms with E-state index in [9.17, 15) is 12.8 Å². The fourth-order valence-electron chi connectivity index (χ4n) is 2.53. The van der Waals surface area contributed by atoms with Crippen LogP contribution in [0.5, 0.6) is 0 Å². The molecular formula is C19H31ClFN3O2S. The van der Waals surface area contributed by atoms with Crippen molar-refractivity contribution < 1.29 is 12.8 Å². The van der Waals surface area contributed by atoms with Gasteiger partial charge in [0.25, 0.3) is 0 Å². The van der Waals surface area contributed by atoms with Crippen molar-refractivity contribution in [3.63, 3.8) is 0 Å². The van der Waals surface area contributed by atoms with E-state index in [1.807, 2.05) is 27.7 Å². The SMILES string of the molecule is CN=C(NCC(C)(C)CCS(C)(=O)=O)NCC(C)(C)c1ccc(F)cc1Cl. The normalized spacial score (nSPS) is 13.6. The average Bonchev–Trinajstić information content (AvgIpc) is 2.52. The number of nitrogens with zero attached hydrogens (tertiary/aromatic N) is 1. The maximum Gasteiger partial charge on any atom is 0.191 e. The van der Waals surface area contributed by atoms with E-state index in [4.69, 9.17) is 11.6 Å². The molecule has 27 heavy (non-hydrogen) atoms. The van der Waals surface area contributed by atoms with Crippen molar-refractivity contribution in [3.05, 3.63) is 34.6 Å². The van der Waals surface area contributed by atoms with Crippen molar-refractivity contribution in [2.75, 3.05) is 32.1 Å². The number of guanidine groups is 1. The fraction of sp³-hybridized carbons (Fsp3) is 0.632. The van der Waals surface area contributed by atoms with Crippen molar-refractivity contribution in [2.24, 2.45) is 10.4 Å². The number of rotatable bonds is 8. The maximum absolute atomic E-state index is 13.3. The predicted octanol–water partition coefficient (Wildman–Crippen LogP) is 3.38. The molecule has 2 N–H and O–H groups in total. The Morgan fingerprint density at radius 3 is 2.30 bits per heavy atom. The second-order valence-electron chi connectivity index (χ2n) is 8.33. The van der Waals surface area contributed by atoms with Gasteiger partial charge in [-0.1, -0.05) is 45.4 Å². The summed E-state index contributed by atoms with van der Waals surface area (Å²) in [7, 11) is -1.30. The van der Waals surface area contributed by atoms with Crippen LogP contribution in [0.3, 0.4) is 0 Å². The quantitative estimate of drug-likeness (QED) is 0.500. The summed E-state index contributed by atoms with van der Waals surface area (Å²) in [5.74, 6) is 0.416. The number of halogens is 2. The molecule has 1 aromatic carbocycles. The van der Waals surface area contributed by atoms with Crippen LogP contribution in [0.1, 0.15) is 39.7 Å². The standard InChI is InChI=1S/C19H31ClFN3O2S/c1-18(2,9-10-27(6,25)26)12-23-17(22-5)24-13-19(3,4)15-8-7-14(21)11-16(15)20/h7-8,11H,9-10,12-13H2,1-6H3,(H2,22,23,24). The van der Waals surface area contributed by atoms with Crippen LogP contribution in [0.15, 0.2) is 23.2 Å². The lowest BCUT2D eigenvalue weighted by molar-refractivity contribution is 0.348. The molecule has 0 aromatic heterocycles. The van der Waals surface area contributed by atoms with Gasteiger partial charge in [-0.05, 0) is 29.5 Å². The highest BCUT2D eigenvalue weighted by molar-refractivity contribution is 7.90. The number of sulfone groups is 1. The molecular weight excluding hydrogens is 389 g/mol. The molecule has 0 atom stereocenters. The third kappa shape index (κ3) is 8.47. The Balaban J connectivity index is 2.66. The molecule has 0 aliphatic carbocycles. The van der Waals surface area contributed by atoms with Gasteiger partial charge in [0, 0.05) is 36.8 Å². The minimum Gasteiger partial charge on any atom is -0.356 e. The Morgan fingerprint density at radius 1 is 1.19 bits per heavy atom. The lowest BCUT2D eigenvalue weighted by Crippen LogP contribution is -2.46. The summed E-state index contributed by atoms with van der Waals surface area (Å²) in [4.78, 5) is 4.22. The Bertz CT molecular complexity index is 777. The first kappa shape index (κ1) is 23.7. The van der Waals surface area contributed by atoms with Crippen molar-refractivity contribution in [1.82, 2.24) is 10.6 Å². The minimum absolute atomic E-state index is 0.157. The smallest absolute Gasteiger partial charge is 0.191 e. The van der Waals surface area contributed by atoms with Gasteiger partial charge in [-0.25, -0.2) is 12.8 Å². The Morgan fingerprint density at radius 2 is 1.78 bits per heavy atom. The Hall–Kier alpha value is -1.34. The predicted molar refractivity (Wildman–Crippen MR) is 112 cm³/mol. The molecule has 0 amide bonds. The highest BCUT2D eigenvalue weighted by Crippen LogP contribution is 2.30. The van der Waals surface area contributed by atoms with Gasteiger partial charge in [-0.3, -0.25) is 4.99 Å². The summed E-state index contributed by atoms with van der Waals surface area (Å²) in [6.45, 7) is 9.19. The molecule has 0 fully saturated rings. The molecule has 5 nitrogen and oxygen atoms in total. The van der Waals surface area contributed by atoms with Gasteiger partial charge in [-0.2, -0.15) is 0 Å². The summed E-state index contributed by atoms with van der Waals surface area (Å²) in [6.07, 6.45) is 1.81. The largest absolute Gasteiger partial charge is 0.356 e. The lowest BCUT2D eigenvalue weighted by Gasteiger charge is -2.29. The van der Waals surface area contributed by atoms with E-state index in [2.05, 4.69) is 15.6 Å². The molecule has 0 saturated carbocycles. The van der Waals surface area contributed by atoms with E-state index in [0.29, 0.717) is 30.5 Å². The van der Waals surface area contributed by atoms with Crippen LogP contribution in [-0.2, 0) is 15.3 Å². The topological polar surface area (TPSA) is 70.6 Å². The Kier molecular flexibility index (Phi) is 8.11. The molecule has 1 rings (SSSR count). The number of benzene rings is 1. The number of nitrogens with one attached hydrogen (secondary N) is 2. The molecule has 0 heterocycles. The van der Waals surface area contributed by atoms with Crippen LogP contribution in [-0.4, -0.2) is 46.5 Å². The van der Waals surface area contributed by atoms with Crippen molar-refractivity contribution in [2.45, 2.75) is 39.5 Å². The average molecular weight is 420 g/mol. The molecule has 1 aromatic rings. The highest BCUT2D eigenvalue weighted by atomic mass is 35.5. The first-order valence-corrected chi connectivity index (χ1v) is 11.3. The summed E-state index contributed by atoms with van der Waals surface area (Å²) in [6, 6.07) is 4.42. The molecule has 8 heteroatoms. The third-order valence-corrected chi connectivity index (χ3v) is 5.72. The first-order valence-electron chi connectivity index (χ1n) is 8.83. The molecule has 0 aliphatic heterocycles. The number of hydrogen-bond donors (Lipinski definition) is 2. The third-order valence-electron chi connectivity index (χ3n) is 4.47. The summed E-state index contributed by atoms with van der Waals surface area (Å²) < 4.78 is 36.0. The van der Waals surface area contributed by atoms with Gasteiger partial charge in [0.2, 0.25) is 0 Å². The van der Waals surface area contributed by atoms with E-state index in [1.165, 1.54) is 18.4 Å². The summed E-state index contributed by atoms with van der Waals surface area (Å²) >= 11 is 6.19. The van der Waals surface area contributed by atoms with E-state index < -0.39 is 9.84 Å². The van der Waals surface area contributed by atoms with Crippen molar-refractivity contribution in [3.8, 4) is 0 Å². The van der Waals surface area contributed by atoms with E-state index in [-0.39, 0.29) is 22.4 Å². The fourth-order valence-corrected chi connectivity index (χ4v) is 3.88. The molecule has 0 bridgehead atoms. The molecule has 154 valence electrons. The van der Waals surface area contributed by atoms with E-state index in [1.54, 1.807) is 13.1 Å². The highest BCUT2D eigenvalue weighted by Gasteiger charge is 2.25. The van der Waals surface area contributed by atoms with Crippen molar-refractivity contribution in [1.29, 1.82) is 0 Å². The lowest BCUT2D eigenvalue weighted by atomic mass is 9.84. The maximum atomic E-state index is 13.3. The van der Waals surface area contributed by atoms with Gasteiger partial charge in [0.1, 0.15) is 15.7 Å². The second-order valence-corrected chi connectivity index (χ2v) is 11.0. The van der Waals surface area contributed by atoms with Gasteiger partial charge in [0.15, 0.2) is 5.96 Å². The van der Waals surface area contributed by atoms with Crippen LogP contribution < -0.4 is 10.6 Å². The van der Waals surface area contributed by atoms with Crippen LogP contribution in [0.25, 0.3) is 0 Å². The van der Waals surface area contributed by atoms with Crippen molar-refractivity contribution >= 4 is 27.4 Å². The van der Waals surface area contributed by atoms with Gasteiger partial charge < -0.3 is 10.6 Å². The van der Waals surface area contributed by atoms with Gasteiger partial charge >= 0.3 is 0 Å². The van der Waals surface area contributed by atoms with Crippen LogP contribution in [0.2, 0.25) is 5.02 Å². The monoisotopic (exact) mass is 419 g/mol. The molecule has 0 aliphatic rings. The summed E-state index contributed by atoms with van der Waals surface area (Å²) in [5, 5.41) is 6.90. The van der Waals surface area contributed by atoms with Crippen LogP contribution >= 0.6 is 11.6 Å². The van der Waals surface area contributed by atoms with E-state index >= 15 is 0 Å². The molecule has 0 unspecified atom stereocenters. The molecule has 0 saturated heterocycles. The Labute approximate surface area is 167 Å². The number of aliphatic imine (C=N–C) groups is 1. The van der Waals surface area contributed by atoms with E-state index in [0.717, 1.165) is 5.56 Å². The first-order chi connectivity index (χ1) is 12.3. The number of hydrogen-bond acceptors (Lipinski definition) is 3. The minimum atomic E-state index is -2.98. The second kappa shape index (κ2) is 9.24. The zero-order chi connectivity index (χ0) is 20.9.